The number of pyridine rings is 1. The Morgan fingerprint density at radius 1 is 1.15 bits per heavy atom. The van der Waals surface area contributed by atoms with Crippen molar-refractivity contribution in [2.24, 2.45) is 5.92 Å². The van der Waals surface area contributed by atoms with Gasteiger partial charge < -0.3 is 10.2 Å². The minimum atomic E-state index is -0.369. The molecule has 0 atom stereocenters. The maximum absolute atomic E-state index is 12.6. The minimum Gasteiger partial charge on any atom is -0.337 e. The second-order valence-corrected chi connectivity index (χ2v) is 7.21. The van der Waals surface area contributed by atoms with E-state index in [9.17, 15) is 9.59 Å². The number of benzene rings is 1. The van der Waals surface area contributed by atoms with Crippen LogP contribution in [0.4, 0.5) is 5.69 Å². The normalized spacial score (nSPS) is 15.0. The van der Waals surface area contributed by atoms with Gasteiger partial charge in [-0.05, 0) is 55.5 Å². The fourth-order valence-electron chi connectivity index (χ4n) is 2.92. The quantitative estimate of drug-likeness (QED) is 0.880. The number of aromatic nitrogens is 1. The van der Waals surface area contributed by atoms with E-state index in [0.717, 1.165) is 31.5 Å². The van der Waals surface area contributed by atoms with Crippen LogP contribution in [-0.2, 0) is 0 Å². The minimum absolute atomic E-state index is 0.120. The van der Waals surface area contributed by atoms with Crippen molar-refractivity contribution >= 4 is 29.1 Å². The van der Waals surface area contributed by atoms with Crippen LogP contribution in [0.15, 0.2) is 36.4 Å². The number of amides is 2. The first-order valence-electron chi connectivity index (χ1n) is 8.78. The smallest absolute Gasteiger partial charge is 0.274 e. The fourth-order valence-corrected chi connectivity index (χ4v) is 3.10. The van der Waals surface area contributed by atoms with Crippen LogP contribution >= 0.6 is 11.6 Å². The summed E-state index contributed by atoms with van der Waals surface area (Å²) in [6, 6.07) is 10.2. The van der Waals surface area contributed by atoms with Crippen molar-refractivity contribution in [3.63, 3.8) is 0 Å². The van der Waals surface area contributed by atoms with E-state index in [0.29, 0.717) is 22.3 Å². The third kappa shape index (κ3) is 4.22. The average Bonchev–Trinajstić information content (AvgIpc) is 2.65. The van der Waals surface area contributed by atoms with E-state index >= 15 is 0 Å². The molecule has 1 aliphatic heterocycles. The van der Waals surface area contributed by atoms with Crippen LogP contribution in [0, 0.1) is 12.8 Å². The van der Waals surface area contributed by atoms with Crippen molar-refractivity contribution in [2.45, 2.75) is 26.7 Å². The van der Waals surface area contributed by atoms with Crippen molar-refractivity contribution in [3.05, 3.63) is 58.4 Å². The van der Waals surface area contributed by atoms with Crippen molar-refractivity contribution < 1.29 is 9.59 Å². The fraction of sp³-hybridized carbons (Fsp3) is 0.350. The molecule has 0 radical (unpaired) electrons. The predicted molar refractivity (Wildman–Crippen MR) is 103 cm³/mol. The molecule has 1 fully saturated rings. The summed E-state index contributed by atoms with van der Waals surface area (Å²) < 4.78 is 0. The van der Waals surface area contributed by atoms with Gasteiger partial charge in [-0.25, -0.2) is 4.98 Å². The zero-order valence-corrected chi connectivity index (χ0v) is 15.7. The molecule has 5 nitrogen and oxygen atoms in total. The van der Waals surface area contributed by atoms with Gasteiger partial charge in [0.2, 0.25) is 0 Å². The van der Waals surface area contributed by atoms with E-state index in [1.54, 1.807) is 30.3 Å². The number of nitrogens with one attached hydrogen (secondary N) is 1. The van der Waals surface area contributed by atoms with Crippen LogP contribution in [0.2, 0.25) is 5.02 Å². The molecule has 2 aromatic rings. The van der Waals surface area contributed by atoms with Crippen LogP contribution < -0.4 is 5.32 Å². The molecule has 0 unspecified atom stereocenters. The number of nitrogens with zero attached hydrogens (tertiary/aromatic N) is 2. The highest BCUT2D eigenvalue weighted by atomic mass is 35.5. The number of aryl methyl sites for hydroxylation is 1. The number of likely N-dealkylation sites (tertiary alicyclic amines) is 1. The lowest BCUT2D eigenvalue weighted by Gasteiger charge is -2.30. The molecule has 26 heavy (non-hydrogen) atoms. The zero-order chi connectivity index (χ0) is 18.7. The Balaban J connectivity index is 1.72. The molecule has 136 valence electrons. The largest absolute Gasteiger partial charge is 0.337 e. The molecule has 1 aromatic carbocycles. The second-order valence-electron chi connectivity index (χ2n) is 6.80. The highest BCUT2D eigenvalue weighted by Crippen LogP contribution is 2.21. The summed E-state index contributed by atoms with van der Waals surface area (Å²) in [5.74, 6) is 0.155. The standard InChI is InChI=1S/C20H22ClN3O2/c1-13-8-10-24(11-9-13)20(26)18-5-3-4-17(23-18)19(25)22-15-7-6-14(2)16(21)12-15/h3-7,12-13H,8-11H2,1-2H3,(H,22,25). The maximum Gasteiger partial charge on any atom is 0.274 e. The Labute approximate surface area is 158 Å². The second kappa shape index (κ2) is 7.87. The molecule has 2 amide bonds. The van der Waals surface area contributed by atoms with Crippen molar-refractivity contribution in [2.75, 3.05) is 18.4 Å². The molecule has 1 aromatic heterocycles. The van der Waals surface area contributed by atoms with Crippen LogP contribution in [0.3, 0.4) is 0 Å². The van der Waals surface area contributed by atoms with Crippen molar-refractivity contribution in [3.8, 4) is 0 Å². The molecule has 6 heteroatoms. The topological polar surface area (TPSA) is 62.3 Å². The lowest BCUT2D eigenvalue weighted by molar-refractivity contribution is 0.0691. The summed E-state index contributed by atoms with van der Waals surface area (Å²) in [7, 11) is 0. The Kier molecular flexibility index (Phi) is 5.57. The van der Waals surface area contributed by atoms with Gasteiger partial charge in [-0.2, -0.15) is 0 Å². The van der Waals surface area contributed by atoms with Crippen LogP contribution in [0.25, 0.3) is 0 Å². The van der Waals surface area contributed by atoms with E-state index in [1.807, 2.05) is 17.9 Å². The number of carbonyl (C=O) groups is 2. The SMILES string of the molecule is Cc1ccc(NC(=O)c2cccc(C(=O)N3CCC(C)CC3)n2)cc1Cl. The molecular formula is C20H22ClN3O2. The van der Waals surface area contributed by atoms with E-state index in [1.165, 1.54) is 0 Å². The Morgan fingerprint density at radius 2 is 1.85 bits per heavy atom. The van der Waals surface area contributed by atoms with E-state index < -0.39 is 0 Å². The molecule has 0 spiro atoms. The average molecular weight is 372 g/mol. The van der Waals surface area contributed by atoms with E-state index in [4.69, 9.17) is 11.6 Å². The first-order chi connectivity index (χ1) is 12.4. The summed E-state index contributed by atoms with van der Waals surface area (Å²) >= 11 is 6.09. The first-order valence-corrected chi connectivity index (χ1v) is 9.15. The first kappa shape index (κ1) is 18.4. The molecule has 0 saturated carbocycles. The number of hydrogen-bond donors (Lipinski definition) is 1. The number of rotatable bonds is 3. The summed E-state index contributed by atoms with van der Waals surface area (Å²) in [4.78, 5) is 31.2. The molecule has 1 saturated heterocycles. The summed E-state index contributed by atoms with van der Waals surface area (Å²) in [5.41, 5.74) is 2.03. The monoisotopic (exact) mass is 371 g/mol. The van der Waals surface area contributed by atoms with Crippen molar-refractivity contribution in [1.29, 1.82) is 0 Å². The van der Waals surface area contributed by atoms with Crippen LogP contribution in [-0.4, -0.2) is 34.8 Å². The van der Waals surface area contributed by atoms with Gasteiger partial charge in [-0.1, -0.05) is 30.7 Å². The molecule has 1 N–H and O–H groups in total. The molecule has 0 bridgehead atoms. The molecular weight excluding hydrogens is 350 g/mol. The Morgan fingerprint density at radius 3 is 2.54 bits per heavy atom. The number of carbonyl (C=O) groups excluding carboxylic acids is 2. The number of anilines is 1. The van der Waals surface area contributed by atoms with Gasteiger partial charge in [-0.3, -0.25) is 9.59 Å². The lowest BCUT2D eigenvalue weighted by Crippen LogP contribution is -2.38. The van der Waals surface area contributed by atoms with Gasteiger partial charge in [-0.15, -0.1) is 0 Å². The zero-order valence-electron chi connectivity index (χ0n) is 15.0. The third-order valence-corrected chi connectivity index (χ3v) is 5.11. The maximum atomic E-state index is 12.6. The van der Waals surface area contributed by atoms with E-state index in [2.05, 4.69) is 17.2 Å². The van der Waals surface area contributed by atoms with Gasteiger partial charge in [0.1, 0.15) is 11.4 Å². The molecule has 2 heterocycles. The summed E-state index contributed by atoms with van der Waals surface area (Å²) in [6.45, 7) is 5.56. The van der Waals surface area contributed by atoms with Crippen LogP contribution in [0.5, 0.6) is 0 Å². The van der Waals surface area contributed by atoms with Gasteiger partial charge in [0, 0.05) is 23.8 Å². The predicted octanol–water partition coefficient (Wildman–Crippen LogP) is 4.17. The lowest BCUT2D eigenvalue weighted by atomic mass is 9.99. The van der Waals surface area contributed by atoms with Gasteiger partial charge in [0.25, 0.3) is 11.8 Å². The highest BCUT2D eigenvalue weighted by molar-refractivity contribution is 6.31. The summed E-state index contributed by atoms with van der Waals surface area (Å²) in [6.07, 6.45) is 2.00. The Bertz CT molecular complexity index is 830. The van der Waals surface area contributed by atoms with Gasteiger partial charge in [0.15, 0.2) is 0 Å². The molecule has 3 rings (SSSR count). The number of piperidine rings is 1. The van der Waals surface area contributed by atoms with Crippen LogP contribution in [0.1, 0.15) is 46.3 Å². The van der Waals surface area contributed by atoms with Gasteiger partial charge in [0.05, 0.1) is 0 Å². The number of halogens is 1. The van der Waals surface area contributed by atoms with Crippen molar-refractivity contribution in [1.82, 2.24) is 9.88 Å². The van der Waals surface area contributed by atoms with Gasteiger partial charge >= 0.3 is 0 Å². The Hall–Kier alpha value is -2.40. The third-order valence-electron chi connectivity index (χ3n) is 4.70. The van der Waals surface area contributed by atoms with E-state index in [-0.39, 0.29) is 17.5 Å². The number of hydrogen-bond acceptors (Lipinski definition) is 3. The molecule has 1 aliphatic rings. The highest BCUT2D eigenvalue weighted by Gasteiger charge is 2.23. The summed E-state index contributed by atoms with van der Waals surface area (Å²) in [5, 5.41) is 3.35. The molecule has 0 aliphatic carbocycles.